The highest BCUT2D eigenvalue weighted by molar-refractivity contribution is 5.81. The largest absolute Gasteiger partial charge is 0.481 e. The van der Waals surface area contributed by atoms with Crippen LogP contribution < -0.4 is 21.3 Å². The molecule has 0 spiro atoms. The van der Waals surface area contributed by atoms with Crippen molar-refractivity contribution in [3.8, 4) is 0 Å². The summed E-state index contributed by atoms with van der Waals surface area (Å²) in [6.45, 7) is -4.75. The average Bonchev–Trinajstić information content (AvgIpc) is 3.34. The summed E-state index contributed by atoms with van der Waals surface area (Å²) in [6, 6.07) is 0. The van der Waals surface area contributed by atoms with Gasteiger partial charge in [0.25, 0.3) is 0 Å². The van der Waals surface area contributed by atoms with E-state index in [9.17, 15) is 90.4 Å². The van der Waals surface area contributed by atoms with Gasteiger partial charge in [0.1, 0.15) is 78.8 Å². The molecule has 0 radical (unpaired) electrons. The van der Waals surface area contributed by atoms with Gasteiger partial charge in [-0.15, -0.1) is 0 Å². The van der Waals surface area contributed by atoms with Gasteiger partial charge in [-0.25, -0.2) is 0 Å². The van der Waals surface area contributed by atoms with E-state index in [1.165, 1.54) is 0 Å². The molecule has 3 aliphatic heterocycles. The lowest BCUT2D eigenvalue weighted by Crippen LogP contribution is -2.59. The van der Waals surface area contributed by atoms with Gasteiger partial charge >= 0.3 is 5.97 Å². The fourth-order valence-corrected chi connectivity index (χ4v) is 7.29. The van der Waals surface area contributed by atoms with Crippen LogP contribution in [0.15, 0.2) is 0 Å². The van der Waals surface area contributed by atoms with Gasteiger partial charge in [0.05, 0.1) is 85.2 Å². The Balaban J connectivity index is 1.57. The van der Waals surface area contributed by atoms with Gasteiger partial charge in [-0.2, -0.15) is 0 Å². The van der Waals surface area contributed by atoms with E-state index in [2.05, 4.69) is 21.3 Å². The number of aliphatic hydroxyl groups excluding tert-OH is 12. The van der Waals surface area contributed by atoms with E-state index in [4.69, 9.17) is 37.9 Å². The summed E-state index contributed by atoms with van der Waals surface area (Å²) in [5.41, 5.74) is -1.62. The molecule has 30 nitrogen and oxygen atoms in total. The Morgan fingerprint density at radius 1 is 0.423 bits per heavy atom. The van der Waals surface area contributed by atoms with Crippen LogP contribution in [0.1, 0.15) is 38.5 Å². The van der Waals surface area contributed by atoms with Gasteiger partial charge in [0, 0.05) is 45.3 Å². The highest BCUT2D eigenvalue weighted by Crippen LogP contribution is 2.24. The molecule has 0 aromatic carbocycles. The van der Waals surface area contributed by atoms with Crippen molar-refractivity contribution in [3.05, 3.63) is 0 Å². The van der Waals surface area contributed by atoms with Crippen LogP contribution in [0.2, 0.25) is 0 Å². The zero-order chi connectivity index (χ0) is 52.7. The van der Waals surface area contributed by atoms with E-state index >= 15 is 0 Å². The van der Waals surface area contributed by atoms with Gasteiger partial charge < -0.3 is 126 Å². The van der Waals surface area contributed by atoms with Crippen molar-refractivity contribution in [1.82, 2.24) is 21.3 Å². The summed E-state index contributed by atoms with van der Waals surface area (Å²) in [6.07, 6.45) is -23.7. The maximum absolute atomic E-state index is 13.1. The van der Waals surface area contributed by atoms with Crippen molar-refractivity contribution in [2.45, 2.75) is 136 Å². The molecule has 0 unspecified atom stereocenters. The minimum Gasteiger partial charge on any atom is -0.481 e. The number of carboxylic acids is 1. The van der Waals surface area contributed by atoms with Crippen molar-refractivity contribution >= 4 is 29.6 Å². The molecule has 0 aromatic rings. The molecule has 0 saturated carbocycles. The number of amides is 4. The third kappa shape index (κ3) is 20.4. The van der Waals surface area contributed by atoms with Gasteiger partial charge in [-0.3, -0.25) is 24.0 Å². The van der Waals surface area contributed by atoms with E-state index in [0.29, 0.717) is 0 Å². The van der Waals surface area contributed by atoms with E-state index in [0.717, 1.165) is 0 Å². The Labute approximate surface area is 407 Å². The Morgan fingerprint density at radius 3 is 1.18 bits per heavy atom. The topological polar surface area (TPSA) is 470 Å². The van der Waals surface area contributed by atoms with Gasteiger partial charge in [0.2, 0.25) is 23.6 Å². The van der Waals surface area contributed by atoms with Crippen LogP contribution in [0.4, 0.5) is 0 Å². The molecule has 4 amide bonds. The van der Waals surface area contributed by atoms with Crippen LogP contribution in [0.3, 0.4) is 0 Å². The second-order valence-corrected chi connectivity index (χ2v) is 17.0. The lowest BCUT2D eigenvalue weighted by molar-refractivity contribution is -0.300. The maximum Gasteiger partial charge on any atom is 0.303 e. The van der Waals surface area contributed by atoms with E-state index in [-0.39, 0.29) is 78.4 Å². The Kier molecular flexibility index (Phi) is 27.9. The molecule has 3 rings (SSSR count). The summed E-state index contributed by atoms with van der Waals surface area (Å²) < 4.78 is 44.0. The summed E-state index contributed by atoms with van der Waals surface area (Å²) in [4.78, 5) is 62.3. The van der Waals surface area contributed by atoms with Crippen molar-refractivity contribution < 1.29 is 128 Å². The first-order chi connectivity index (χ1) is 33.8. The molecule has 3 saturated heterocycles. The number of nitrogens with one attached hydrogen (secondary N) is 4. The second kappa shape index (κ2) is 32.0. The number of hydrogen-bond donors (Lipinski definition) is 17. The average molecular weight is 1040 g/mol. The van der Waals surface area contributed by atoms with Gasteiger partial charge in [0.15, 0.2) is 12.6 Å². The third-order valence-electron chi connectivity index (χ3n) is 11.4. The Hall–Kier alpha value is -3.45. The zero-order valence-corrected chi connectivity index (χ0v) is 38.9. The molecule has 3 heterocycles. The molecule has 30 heteroatoms. The van der Waals surface area contributed by atoms with E-state index in [1.54, 1.807) is 0 Å². The minimum absolute atomic E-state index is 0.00387. The molecule has 15 atom stereocenters. The lowest BCUT2D eigenvalue weighted by Gasteiger charge is -2.40. The molecule has 0 aliphatic carbocycles. The molecule has 0 bridgehead atoms. The third-order valence-corrected chi connectivity index (χ3v) is 11.4. The first-order valence-corrected chi connectivity index (χ1v) is 23.0. The van der Waals surface area contributed by atoms with Crippen LogP contribution >= 0.6 is 0 Å². The van der Waals surface area contributed by atoms with E-state index < -0.39 is 180 Å². The highest BCUT2D eigenvalue weighted by atomic mass is 16.7. The predicted octanol–water partition coefficient (Wildman–Crippen LogP) is -9.86. The number of carboxylic acid groups (broad SMARTS) is 1. The standard InChI is InChI=1S/C41H72N4O26/c46-15-22-31(56)34(59)30(55)21(69-22)3-7-42-25(49)4-10-64-18-41(45-28(52)1-2-29(53)54,19-65-11-5-26(50)43-8-13-67-39-37(62)35(60)32(57)23(16-47)70-39)20-66-12-6-27(51)44-9-14-68-40-38(63)36(61)33(58)24(17-48)71-40/h21-24,30-40,46-48,55-63H,1-20H2,(H,42,49)(H,43,50)(H,44,51)(H,45,52)(H,53,54)/t21-,22-,23-,24-,30-,31-,32-,33-,34-,35+,36+,37+,38+,39+,40+/m1/s1. The lowest BCUT2D eigenvalue weighted by atomic mass is 9.93. The molecule has 3 aliphatic rings. The summed E-state index contributed by atoms with van der Waals surface area (Å²) in [5, 5.41) is 138. The molecule has 17 N–H and O–H groups in total. The summed E-state index contributed by atoms with van der Waals surface area (Å²) in [7, 11) is 0. The molecular formula is C41H72N4O26. The fraction of sp³-hybridized carbons (Fsp3) is 0.878. The van der Waals surface area contributed by atoms with Crippen LogP contribution in [0.5, 0.6) is 0 Å². The minimum atomic E-state index is -1.67. The van der Waals surface area contributed by atoms with Crippen molar-refractivity contribution in [1.29, 1.82) is 0 Å². The van der Waals surface area contributed by atoms with Gasteiger partial charge in [-0.05, 0) is 6.42 Å². The molecule has 3 fully saturated rings. The number of hydrogen-bond acceptors (Lipinski definition) is 25. The second-order valence-electron chi connectivity index (χ2n) is 17.0. The smallest absolute Gasteiger partial charge is 0.303 e. The highest BCUT2D eigenvalue weighted by Gasteiger charge is 2.46. The van der Waals surface area contributed by atoms with Crippen LogP contribution in [-0.4, -0.2) is 286 Å². The molecule has 0 aromatic heterocycles. The fourth-order valence-electron chi connectivity index (χ4n) is 7.29. The Bertz CT molecular complexity index is 1540. The predicted molar refractivity (Wildman–Crippen MR) is 231 cm³/mol. The maximum atomic E-state index is 13.1. The number of rotatable bonds is 33. The zero-order valence-electron chi connectivity index (χ0n) is 38.9. The number of aliphatic hydroxyl groups is 12. The van der Waals surface area contributed by atoms with Crippen LogP contribution in [0, 0.1) is 0 Å². The summed E-state index contributed by atoms with van der Waals surface area (Å²) >= 11 is 0. The molecular weight excluding hydrogens is 964 g/mol. The number of carbonyl (C=O) groups excluding carboxylic acids is 4. The normalized spacial score (nSPS) is 31.1. The Morgan fingerprint density at radius 2 is 0.789 bits per heavy atom. The van der Waals surface area contributed by atoms with E-state index in [1.807, 2.05) is 0 Å². The molecule has 412 valence electrons. The SMILES string of the molecule is O=C(O)CCC(=O)NC(COCCC(=O)NCCO[C@H]1O[C@H](CO)[C@@H](O)[C@H](O)[C@@H]1O)(COCCC(=O)NCCO[C@H]1O[C@H](CO)[C@@H](O)[C@H](O)[C@@H]1O)COCCC(=O)NCC[C@H]1O[C@H](CO)[C@@H](O)[C@H](O)[C@@H]1O. The molecule has 71 heavy (non-hydrogen) atoms. The first kappa shape index (κ1) is 61.8. The number of carbonyl (C=O) groups is 5. The number of ether oxygens (including phenoxy) is 8. The van der Waals surface area contributed by atoms with Crippen molar-refractivity contribution in [3.63, 3.8) is 0 Å². The van der Waals surface area contributed by atoms with Crippen molar-refractivity contribution in [2.75, 3.05) is 92.3 Å². The first-order valence-electron chi connectivity index (χ1n) is 23.0. The monoisotopic (exact) mass is 1040 g/mol. The van der Waals surface area contributed by atoms with Gasteiger partial charge in [-0.1, -0.05) is 0 Å². The summed E-state index contributed by atoms with van der Waals surface area (Å²) in [5.74, 6) is -3.68. The van der Waals surface area contributed by atoms with Crippen LogP contribution in [-0.2, 0) is 61.9 Å². The number of aliphatic carboxylic acids is 1. The quantitative estimate of drug-likeness (QED) is 0.0271. The van der Waals surface area contributed by atoms with Crippen LogP contribution in [0.25, 0.3) is 0 Å². The van der Waals surface area contributed by atoms with Crippen molar-refractivity contribution in [2.24, 2.45) is 0 Å².